The molecule has 2 heterocycles. The summed E-state index contributed by atoms with van der Waals surface area (Å²) in [5, 5.41) is 2.74. The monoisotopic (exact) mass is 475 g/mol. The van der Waals surface area contributed by atoms with Gasteiger partial charge in [0.2, 0.25) is 0 Å². The molecule has 1 unspecified atom stereocenters. The first-order valence-electron chi connectivity index (χ1n) is 9.78. The fraction of sp³-hybridized carbons (Fsp3) is 0.409. The highest BCUT2D eigenvalue weighted by molar-refractivity contribution is 9.10. The lowest BCUT2D eigenvalue weighted by Crippen LogP contribution is -2.41. The van der Waals surface area contributed by atoms with Crippen molar-refractivity contribution >= 4 is 33.7 Å². The third-order valence-electron chi connectivity index (χ3n) is 5.58. The van der Waals surface area contributed by atoms with Crippen LogP contribution in [0.4, 0.5) is 4.79 Å². The van der Waals surface area contributed by atoms with E-state index in [1.54, 1.807) is 32.2 Å². The number of nitrogens with zero attached hydrogens (tertiary/aromatic N) is 2. The van der Waals surface area contributed by atoms with Gasteiger partial charge in [-0.2, -0.15) is 0 Å². The Kier molecular flexibility index (Phi) is 6.47. The zero-order chi connectivity index (χ0) is 22.1. The van der Waals surface area contributed by atoms with Crippen molar-refractivity contribution in [3.8, 4) is 0 Å². The number of hydrogen-bond donors (Lipinski definition) is 1. The van der Waals surface area contributed by atoms with Crippen molar-refractivity contribution in [3.63, 3.8) is 0 Å². The molecule has 1 atom stereocenters. The van der Waals surface area contributed by atoms with E-state index in [4.69, 9.17) is 4.74 Å². The van der Waals surface area contributed by atoms with E-state index in [9.17, 15) is 14.4 Å². The summed E-state index contributed by atoms with van der Waals surface area (Å²) < 4.78 is 7.96. The second-order valence-electron chi connectivity index (χ2n) is 7.66. The predicted molar refractivity (Wildman–Crippen MR) is 116 cm³/mol. The predicted octanol–water partition coefficient (Wildman–Crippen LogP) is 3.55. The maximum Gasteiger partial charge on any atom is 0.325 e. The Morgan fingerprint density at radius 1 is 1.23 bits per heavy atom. The summed E-state index contributed by atoms with van der Waals surface area (Å²) in [5.74, 6) is -0.698. The molecule has 1 saturated heterocycles. The molecule has 1 aliphatic heterocycles. The molecule has 3 rings (SSSR count). The van der Waals surface area contributed by atoms with E-state index in [-0.39, 0.29) is 12.3 Å². The van der Waals surface area contributed by atoms with Gasteiger partial charge in [-0.15, -0.1) is 0 Å². The van der Waals surface area contributed by atoms with Gasteiger partial charge in [0.15, 0.2) is 5.78 Å². The van der Waals surface area contributed by atoms with E-state index >= 15 is 0 Å². The number of nitrogens with one attached hydrogen (secondary N) is 1. The molecule has 0 bridgehead atoms. The van der Waals surface area contributed by atoms with Crippen molar-refractivity contribution in [1.29, 1.82) is 0 Å². The Labute approximate surface area is 184 Å². The highest BCUT2D eigenvalue weighted by Crippen LogP contribution is 2.30. The van der Waals surface area contributed by atoms with Gasteiger partial charge >= 0.3 is 6.03 Å². The van der Waals surface area contributed by atoms with Crippen LogP contribution in [0, 0.1) is 13.8 Å². The third kappa shape index (κ3) is 4.06. The lowest BCUT2D eigenvalue weighted by atomic mass is 9.92. The first-order chi connectivity index (χ1) is 14.2. The first-order valence-corrected chi connectivity index (χ1v) is 10.6. The lowest BCUT2D eigenvalue weighted by molar-refractivity contribution is -0.130. The molecule has 1 aromatic heterocycles. The quantitative estimate of drug-likeness (QED) is 0.359. The molecule has 0 saturated carbocycles. The number of Topliss-reactive ketones (excluding diaryl/α,β-unsaturated/α-hetero) is 1. The van der Waals surface area contributed by atoms with E-state index < -0.39 is 17.5 Å². The van der Waals surface area contributed by atoms with Crippen molar-refractivity contribution in [2.24, 2.45) is 0 Å². The Balaban J connectivity index is 1.80. The Morgan fingerprint density at radius 3 is 2.63 bits per heavy atom. The topological polar surface area (TPSA) is 80.6 Å². The summed E-state index contributed by atoms with van der Waals surface area (Å²) in [5.41, 5.74) is 1.76. The van der Waals surface area contributed by atoms with Crippen LogP contribution < -0.4 is 5.32 Å². The molecular weight excluding hydrogens is 450 g/mol. The van der Waals surface area contributed by atoms with E-state index in [1.165, 1.54) is 0 Å². The zero-order valence-electron chi connectivity index (χ0n) is 17.6. The van der Waals surface area contributed by atoms with Crippen molar-refractivity contribution in [3.05, 3.63) is 57.3 Å². The maximum absolute atomic E-state index is 13.1. The number of carbonyl (C=O) groups is 3. The number of halogens is 1. The van der Waals surface area contributed by atoms with Crippen LogP contribution in [-0.2, 0) is 21.6 Å². The molecule has 1 aromatic carbocycles. The Morgan fingerprint density at radius 2 is 1.97 bits per heavy atom. The number of ketones is 1. The van der Waals surface area contributed by atoms with E-state index in [2.05, 4.69) is 25.8 Å². The number of benzene rings is 1. The smallest absolute Gasteiger partial charge is 0.325 e. The van der Waals surface area contributed by atoms with Gasteiger partial charge in [-0.3, -0.25) is 14.5 Å². The van der Waals surface area contributed by atoms with Crippen molar-refractivity contribution in [2.75, 3.05) is 20.3 Å². The average molecular weight is 476 g/mol. The SMILES string of the molecule is COCCCn1c(C)cc(C(=O)CN2C(=O)NC(C)(c3cccc(Br)c3)C2=O)c1C. The van der Waals surface area contributed by atoms with Gasteiger partial charge in [0, 0.05) is 41.7 Å². The van der Waals surface area contributed by atoms with Crippen molar-refractivity contribution in [2.45, 2.75) is 39.3 Å². The highest BCUT2D eigenvalue weighted by atomic mass is 79.9. The molecule has 1 N–H and O–H groups in total. The van der Waals surface area contributed by atoms with Crippen LogP contribution in [-0.4, -0.2) is 47.4 Å². The number of imide groups is 1. The lowest BCUT2D eigenvalue weighted by Gasteiger charge is -2.22. The molecule has 0 radical (unpaired) electrons. The number of urea groups is 1. The number of rotatable bonds is 8. The molecule has 0 aliphatic carbocycles. The van der Waals surface area contributed by atoms with Gasteiger partial charge in [0.05, 0.1) is 6.54 Å². The van der Waals surface area contributed by atoms with E-state index in [0.717, 1.165) is 33.7 Å². The molecule has 7 nitrogen and oxygen atoms in total. The Bertz CT molecular complexity index is 1000. The number of amides is 3. The number of aryl methyl sites for hydroxylation is 1. The first kappa shape index (κ1) is 22.2. The summed E-state index contributed by atoms with van der Waals surface area (Å²) in [4.78, 5) is 39.7. The maximum atomic E-state index is 13.1. The number of hydrogen-bond acceptors (Lipinski definition) is 4. The van der Waals surface area contributed by atoms with Crippen LogP contribution in [0.15, 0.2) is 34.8 Å². The van der Waals surface area contributed by atoms with Gasteiger partial charge in [-0.25, -0.2) is 4.79 Å². The van der Waals surface area contributed by atoms with E-state index in [1.807, 2.05) is 26.0 Å². The fourth-order valence-electron chi connectivity index (χ4n) is 3.86. The van der Waals surface area contributed by atoms with Gasteiger partial charge in [-0.05, 0) is 51.0 Å². The molecule has 8 heteroatoms. The fourth-order valence-corrected chi connectivity index (χ4v) is 4.26. The van der Waals surface area contributed by atoms with Gasteiger partial charge in [0.25, 0.3) is 5.91 Å². The largest absolute Gasteiger partial charge is 0.385 e. The van der Waals surface area contributed by atoms with Gasteiger partial charge in [0.1, 0.15) is 5.54 Å². The van der Waals surface area contributed by atoms with Gasteiger partial charge < -0.3 is 14.6 Å². The number of aromatic nitrogens is 1. The van der Waals surface area contributed by atoms with Crippen molar-refractivity contribution < 1.29 is 19.1 Å². The van der Waals surface area contributed by atoms with Crippen LogP contribution in [0.5, 0.6) is 0 Å². The van der Waals surface area contributed by atoms with Crippen LogP contribution in [0.1, 0.15) is 40.7 Å². The second kappa shape index (κ2) is 8.73. The molecule has 1 fully saturated rings. The summed E-state index contributed by atoms with van der Waals surface area (Å²) in [6.07, 6.45) is 0.832. The Hall–Kier alpha value is -2.45. The minimum absolute atomic E-state index is 0.261. The minimum Gasteiger partial charge on any atom is -0.385 e. The highest BCUT2D eigenvalue weighted by Gasteiger charge is 2.49. The van der Waals surface area contributed by atoms with Gasteiger partial charge in [-0.1, -0.05) is 28.1 Å². The number of carbonyl (C=O) groups excluding carboxylic acids is 3. The third-order valence-corrected chi connectivity index (χ3v) is 6.08. The minimum atomic E-state index is -1.21. The second-order valence-corrected chi connectivity index (χ2v) is 8.58. The molecule has 2 aromatic rings. The normalized spacial score (nSPS) is 18.8. The molecule has 3 amide bonds. The zero-order valence-corrected chi connectivity index (χ0v) is 19.2. The van der Waals surface area contributed by atoms with E-state index in [0.29, 0.717) is 17.7 Å². The summed E-state index contributed by atoms with van der Waals surface area (Å²) in [7, 11) is 1.66. The summed E-state index contributed by atoms with van der Waals surface area (Å²) >= 11 is 3.39. The van der Waals surface area contributed by atoms with Crippen molar-refractivity contribution in [1.82, 2.24) is 14.8 Å². The van der Waals surface area contributed by atoms with Crippen LogP contribution in [0.2, 0.25) is 0 Å². The average Bonchev–Trinajstić information content (AvgIpc) is 3.10. The molecule has 160 valence electrons. The van der Waals surface area contributed by atoms with Crippen LogP contribution in [0.25, 0.3) is 0 Å². The number of ether oxygens (including phenoxy) is 1. The molecule has 30 heavy (non-hydrogen) atoms. The summed E-state index contributed by atoms with van der Waals surface area (Å²) in [6, 6.07) is 8.47. The number of methoxy groups -OCH3 is 1. The molecular formula is C22H26BrN3O4. The molecule has 1 aliphatic rings. The standard InChI is InChI=1S/C22H26BrN3O4/c1-14-11-18(15(2)25(14)9-6-10-30-4)19(27)13-26-20(28)22(3,24-21(26)29)16-7-5-8-17(23)12-16/h5,7-8,11-12H,6,9-10,13H2,1-4H3,(H,24,29). The van der Waals surface area contributed by atoms with Crippen LogP contribution >= 0.6 is 15.9 Å². The van der Waals surface area contributed by atoms with Crippen LogP contribution in [0.3, 0.4) is 0 Å². The summed E-state index contributed by atoms with van der Waals surface area (Å²) in [6.45, 7) is 6.55. The molecule has 0 spiro atoms.